The molecule has 5 heterocycles. The SMILES string of the molecule is CC(C)(C)c1ccc2c(c1)C1(c3cc(C(C)(C)C)ccc3-2)c2cc(-c3cccc4c(-c5ccccc5)cccc34)c3c4c2-n2c5c(cc(C(C)(C)C)cc5c5cc(C(C)(C)C)cc1c52)B4c1cc(C(C)(C)C)cc2c4cc(C(C)(C)C)ccc4n-3c12. The summed E-state index contributed by atoms with van der Waals surface area (Å²) in [6.45, 7) is 43.3. The molecule has 16 rings (SSSR count). The Bertz CT molecular complexity index is 4960. The number of rotatable bonds is 2. The van der Waals surface area contributed by atoms with Crippen LogP contribution < -0.4 is 16.4 Å². The van der Waals surface area contributed by atoms with E-state index in [1.165, 1.54) is 171 Å². The first-order valence-corrected chi connectivity index (χ1v) is 31.9. The standard InChI is InChI=1S/C83H81BN2/c1-77(2,3)47-32-35-70-59(36-47)60-38-51(81(13,14)15)43-68-73(60)85(70)75-63(56-29-23-27-54-53(26-22-28-55(54)56)46-24-20-19-21-25-46)45-67-76-71(75)84(68)69-44-52(82(16,17)18)39-62-61-37-50(80(10,11)12)42-66(72(61)86(76)74(62)69)83(67)64-40-48(78(4,5)6)30-33-57(64)58-34-31-49(41-65(58)83)79(7,8)9/h19-45H,1-18H3. The highest BCUT2D eigenvalue weighted by molar-refractivity contribution is 7.00. The number of hydrogen-bond acceptors (Lipinski definition) is 0. The zero-order valence-corrected chi connectivity index (χ0v) is 54.1. The molecule has 0 atom stereocenters. The van der Waals surface area contributed by atoms with Crippen LogP contribution in [0.1, 0.15) is 180 Å². The molecular formula is C83H81BN2. The number of hydrogen-bond donors (Lipinski definition) is 0. The average molecular weight is 1120 g/mol. The van der Waals surface area contributed by atoms with E-state index in [9.17, 15) is 0 Å². The highest BCUT2D eigenvalue weighted by Gasteiger charge is 2.56. The third-order valence-corrected chi connectivity index (χ3v) is 21.0. The number of fused-ring (bicyclic) bond motifs is 15. The lowest BCUT2D eigenvalue weighted by atomic mass is 9.33. The molecule has 0 unspecified atom stereocenters. The Balaban J connectivity index is 1.22. The summed E-state index contributed by atoms with van der Waals surface area (Å²) in [4.78, 5) is 0. The summed E-state index contributed by atoms with van der Waals surface area (Å²) in [5.41, 5.74) is 32.3. The predicted molar refractivity (Wildman–Crippen MR) is 371 cm³/mol. The molecule has 3 heteroatoms. The largest absolute Gasteiger partial charge is 0.310 e. The lowest BCUT2D eigenvalue weighted by Crippen LogP contribution is -2.61. The van der Waals surface area contributed by atoms with Gasteiger partial charge in [-0.05, 0) is 180 Å². The van der Waals surface area contributed by atoms with Gasteiger partial charge in [0.05, 0.1) is 22.1 Å². The maximum atomic E-state index is 2.85. The molecule has 1 aliphatic carbocycles. The minimum absolute atomic E-state index is 0.0453. The van der Waals surface area contributed by atoms with Crippen molar-refractivity contribution in [2.75, 3.05) is 0 Å². The summed E-state index contributed by atoms with van der Waals surface area (Å²) in [5, 5.41) is 7.93. The molecule has 4 aliphatic rings. The first kappa shape index (κ1) is 53.6. The number of aromatic nitrogens is 2. The van der Waals surface area contributed by atoms with Gasteiger partial charge in [0.25, 0.3) is 6.71 Å². The Labute approximate surface area is 510 Å². The van der Waals surface area contributed by atoms with Crippen LogP contribution in [-0.4, -0.2) is 15.8 Å². The molecule has 0 saturated heterocycles. The van der Waals surface area contributed by atoms with Crippen molar-refractivity contribution in [1.82, 2.24) is 9.13 Å². The minimum Gasteiger partial charge on any atom is -0.310 e. The first-order chi connectivity index (χ1) is 40.5. The fourth-order valence-corrected chi connectivity index (χ4v) is 16.2. The first-order valence-electron chi connectivity index (χ1n) is 31.9. The van der Waals surface area contributed by atoms with Crippen molar-refractivity contribution >= 4 is 77.5 Å². The Kier molecular flexibility index (Phi) is 10.5. The zero-order valence-electron chi connectivity index (χ0n) is 54.1. The Morgan fingerprint density at radius 2 is 0.733 bits per heavy atom. The maximum Gasteiger partial charge on any atom is 0.252 e. The van der Waals surface area contributed by atoms with Gasteiger partial charge in [-0.2, -0.15) is 0 Å². The van der Waals surface area contributed by atoms with Crippen molar-refractivity contribution in [3.05, 3.63) is 219 Å². The fourth-order valence-electron chi connectivity index (χ4n) is 16.2. The molecule has 0 N–H and O–H groups in total. The van der Waals surface area contributed by atoms with E-state index in [0.717, 1.165) is 0 Å². The van der Waals surface area contributed by atoms with Crippen LogP contribution in [0.5, 0.6) is 0 Å². The average Bonchev–Trinajstić information content (AvgIpc) is 1.39. The van der Waals surface area contributed by atoms with E-state index in [0.29, 0.717) is 0 Å². The van der Waals surface area contributed by atoms with Gasteiger partial charge in [-0.3, -0.25) is 0 Å². The Morgan fingerprint density at radius 1 is 0.291 bits per heavy atom. The van der Waals surface area contributed by atoms with Crippen LogP contribution in [0.3, 0.4) is 0 Å². The smallest absolute Gasteiger partial charge is 0.252 e. The van der Waals surface area contributed by atoms with Gasteiger partial charge in [-0.25, -0.2) is 0 Å². The van der Waals surface area contributed by atoms with Crippen molar-refractivity contribution in [3.63, 3.8) is 0 Å². The van der Waals surface area contributed by atoms with Gasteiger partial charge in [0.15, 0.2) is 0 Å². The molecule has 3 aliphatic heterocycles. The van der Waals surface area contributed by atoms with Crippen LogP contribution in [0, 0.1) is 0 Å². The van der Waals surface area contributed by atoms with Crippen LogP contribution in [0.15, 0.2) is 164 Å². The van der Waals surface area contributed by atoms with Crippen molar-refractivity contribution in [1.29, 1.82) is 0 Å². The van der Waals surface area contributed by atoms with E-state index in [1.54, 1.807) is 0 Å². The van der Waals surface area contributed by atoms with Gasteiger partial charge in [-0.15, -0.1) is 0 Å². The Hall–Kier alpha value is -7.88. The van der Waals surface area contributed by atoms with Crippen LogP contribution in [0.25, 0.3) is 99.1 Å². The third-order valence-electron chi connectivity index (χ3n) is 21.0. The van der Waals surface area contributed by atoms with E-state index < -0.39 is 5.41 Å². The van der Waals surface area contributed by atoms with E-state index in [1.807, 2.05) is 0 Å². The fraction of sp³-hybridized carbons (Fsp3) is 0.301. The van der Waals surface area contributed by atoms with Gasteiger partial charge in [0.2, 0.25) is 0 Å². The van der Waals surface area contributed by atoms with Gasteiger partial charge >= 0.3 is 0 Å². The van der Waals surface area contributed by atoms with Gasteiger partial charge in [0.1, 0.15) is 0 Å². The molecule has 0 fully saturated rings. The summed E-state index contributed by atoms with van der Waals surface area (Å²) in [7, 11) is 0. The molecule has 10 aromatic carbocycles. The second-order valence-electron chi connectivity index (χ2n) is 32.6. The summed E-state index contributed by atoms with van der Waals surface area (Å²) in [6.07, 6.45) is 0. The van der Waals surface area contributed by atoms with Gasteiger partial charge in [0, 0.05) is 43.8 Å². The predicted octanol–water partition coefficient (Wildman–Crippen LogP) is 20.0. The lowest BCUT2D eigenvalue weighted by Gasteiger charge is -2.45. The summed E-state index contributed by atoms with van der Waals surface area (Å²) in [5.74, 6) is 0. The molecule has 86 heavy (non-hydrogen) atoms. The second-order valence-corrected chi connectivity index (χ2v) is 32.6. The van der Waals surface area contributed by atoms with Crippen molar-refractivity contribution in [3.8, 4) is 44.8 Å². The van der Waals surface area contributed by atoms with E-state index in [4.69, 9.17) is 0 Å². The summed E-state index contributed by atoms with van der Waals surface area (Å²) in [6, 6.07) is 66.6. The maximum absolute atomic E-state index is 2.85. The topological polar surface area (TPSA) is 9.86 Å². The van der Waals surface area contributed by atoms with Crippen molar-refractivity contribution in [2.45, 2.75) is 163 Å². The Morgan fingerprint density at radius 3 is 1.28 bits per heavy atom. The van der Waals surface area contributed by atoms with Crippen LogP contribution in [0.4, 0.5) is 0 Å². The van der Waals surface area contributed by atoms with Gasteiger partial charge in [-0.1, -0.05) is 252 Å². The second kappa shape index (κ2) is 16.8. The molecule has 2 aromatic heterocycles. The normalized spacial score (nSPS) is 14.9. The molecule has 2 nitrogen and oxygen atoms in total. The van der Waals surface area contributed by atoms with Crippen molar-refractivity contribution < 1.29 is 0 Å². The van der Waals surface area contributed by atoms with Crippen LogP contribution >= 0.6 is 0 Å². The number of nitrogens with zero attached hydrogens (tertiary/aromatic N) is 2. The zero-order chi connectivity index (χ0) is 60.2. The summed E-state index contributed by atoms with van der Waals surface area (Å²) >= 11 is 0. The minimum atomic E-state index is -0.728. The van der Waals surface area contributed by atoms with E-state index >= 15 is 0 Å². The molecule has 0 saturated carbocycles. The van der Waals surface area contributed by atoms with E-state index in [-0.39, 0.29) is 39.2 Å². The molecule has 0 radical (unpaired) electrons. The highest BCUT2D eigenvalue weighted by atomic mass is 15.1. The monoisotopic (exact) mass is 1120 g/mol. The van der Waals surface area contributed by atoms with Crippen LogP contribution in [0.2, 0.25) is 0 Å². The van der Waals surface area contributed by atoms with E-state index in [2.05, 4.69) is 298 Å². The summed E-state index contributed by atoms with van der Waals surface area (Å²) < 4.78 is 5.64. The molecule has 0 amide bonds. The molecule has 426 valence electrons. The van der Waals surface area contributed by atoms with Crippen molar-refractivity contribution in [2.24, 2.45) is 0 Å². The molecule has 1 spiro atoms. The third kappa shape index (κ3) is 7.03. The number of benzene rings is 10. The highest BCUT2D eigenvalue weighted by Crippen LogP contribution is 2.64. The molecule has 0 bridgehead atoms. The molecular weight excluding hydrogens is 1040 g/mol. The molecule has 12 aromatic rings. The van der Waals surface area contributed by atoms with Crippen LogP contribution in [-0.2, 0) is 37.9 Å². The quantitative estimate of drug-likeness (QED) is 0.153. The van der Waals surface area contributed by atoms with Gasteiger partial charge < -0.3 is 9.13 Å². The lowest BCUT2D eigenvalue weighted by molar-refractivity contribution is 0.583.